The van der Waals surface area contributed by atoms with Crippen molar-refractivity contribution in [3.8, 4) is 11.5 Å². The zero-order chi connectivity index (χ0) is 20.2. The lowest BCUT2D eigenvalue weighted by Crippen LogP contribution is -2.56. The molecule has 2 aliphatic heterocycles. The molecule has 1 amide bonds. The molecule has 5 heteroatoms. The van der Waals surface area contributed by atoms with Crippen molar-refractivity contribution in [3.05, 3.63) is 59.7 Å². The predicted octanol–water partition coefficient (Wildman–Crippen LogP) is 4.02. The van der Waals surface area contributed by atoms with Crippen molar-refractivity contribution in [2.45, 2.75) is 56.8 Å². The van der Waals surface area contributed by atoms with E-state index in [1.165, 1.54) is 24.8 Å². The number of fused-ring (bicyclic) bond motifs is 2. The van der Waals surface area contributed by atoms with E-state index in [9.17, 15) is 4.79 Å². The molecule has 0 radical (unpaired) electrons. The van der Waals surface area contributed by atoms with Gasteiger partial charge in [0.15, 0.2) is 0 Å². The first kappa shape index (κ1) is 19.8. The Morgan fingerprint density at radius 3 is 2.28 bits per heavy atom. The summed E-state index contributed by atoms with van der Waals surface area (Å²) in [7, 11) is 3.34. The first-order chi connectivity index (χ1) is 14.2. The van der Waals surface area contributed by atoms with Crippen LogP contribution in [0.2, 0.25) is 0 Å². The number of nitrogens with one attached hydrogen (secondary N) is 1. The van der Waals surface area contributed by atoms with E-state index >= 15 is 0 Å². The summed E-state index contributed by atoms with van der Waals surface area (Å²) in [6.07, 6.45) is 5.63. The lowest BCUT2D eigenvalue weighted by molar-refractivity contribution is 0.0172. The van der Waals surface area contributed by atoms with Crippen LogP contribution in [0.1, 0.15) is 48.0 Å². The van der Waals surface area contributed by atoms with Crippen LogP contribution in [0, 0.1) is 0 Å². The highest BCUT2D eigenvalue weighted by Crippen LogP contribution is 2.36. The van der Waals surface area contributed by atoms with Crippen molar-refractivity contribution < 1.29 is 14.3 Å². The van der Waals surface area contributed by atoms with Gasteiger partial charge in [-0.05, 0) is 43.9 Å². The first-order valence-corrected chi connectivity index (χ1v) is 10.5. The van der Waals surface area contributed by atoms with E-state index in [1.54, 1.807) is 14.2 Å². The number of carbonyl (C=O) groups is 1. The number of nitrogens with zero attached hydrogens (tertiary/aromatic N) is 1. The topological polar surface area (TPSA) is 50.8 Å². The average Bonchev–Trinajstić information content (AvgIpc) is 2.74. The summed E-state index contributed by atoms with van der Waals surface area (Å²) >= 11 is 0. The number of methoxy groups -OCH3 is 2. The van der Waals surface area contributed by atoms with Gasteiger partial charge in [0.2, 0.25) is 0 Å². The largest absolute Gasteiger partial charge is 0.496 e. The van der Waals surface area contributed by atoms with Crippen LogP contribution in [0.3, 0.4) is 0 Å². The highest BCUT2D eigenvalue weighted by atomic mass is 16.5. The third kappa shape index (κ3) is 4.25. The Hall–Kier alpha value is -2.53. The monoisotopic (exact) mass is 394 g/mol. The standard InChI is InChI=1S/C24H30N2O3/c1-28-22-12-5-3-8-17(22)16-26-19-9-7-10-20(26)15-18(14-19)25-24(27)21-11-4-6-13-23(21)29-2/h3-6,8,11-13,18-20H,7,9-10,14-16H2,1-2H3,(H,25,27). The summed E-state index contributed by atoms with van der Waals surface area (Å²) in [5.41, 5.74) is 1.85. The van der Waals surface area contributed by atoms with Gasteiger partial charge >= 0.3 is 0 Å². The van der Waals surface area contributed by atoms with Crippen LogP contribution in [-0.4, -0.2) is 43.2 Å². The molecule has 2 heterocycles. The van der Waals surface area contributed by atoms with Crippen LogP contribution in [-0.2, 0) is 6.54 Å². The number of hydrogen-bond donors (Lipinski definition) is 1. The Morgan fingerprint density at radius 2 is 1.59 bits per heavy atom. The second-order valence-electron chi connectivity index (χ2n) is 8.06. The summed E-state index contributed by atoms with van der Waals surface area (Å²) in [5, 5.41) is 3.28. The number of amides is 1. The molecule has 29 heavy (non-hydrogen) atoms. The minimum absolute atomic E-state index is 0.0382. The summed E-state index contributed by atoms with van der Waals surface area (Å²) < 4.78 is 10.9. The number of rotatable bonds is 6. The van der Waals surface area contributed by atoms with Gasteiger partial charge in [-0.2, -0.15) is 0 Å². The fourth-order valence-electron chi connectivity index (χ4n) is 4.98. The molecule has 0 aromatic heterocycles. The number of para-hydroxylation sites is 2. The van der Waals surface area contributed by atoms with Crippen molar-refractivity contribution in [1.82, 2.24) is 10.2 Å². The summed E-state index contributed by atoms with van der Waals surface area (Å²) in [4.78, 5) is 15.5. The smallest absolute Gasteiger partial charge is 0.255 e. The van der Waals surface area contributed by atoms with Gasteiger partial charge in [-0.1, -0.05) is 36.8 Å². The van der Waals surface area contributed by atoms with E-state index in [4.69, 9.17) is 9.47 Å². The Kier molecular flexibility index (Phi) is 6.05. The minimum atomic E-state index is -0.0382. The maximum Gasteiger partial charge on any atom is 0.255 e. The maximum atomic E-state index is 12.8. The highest BCUT2D eigenvalue weighted by molar-refractivity contribution is 5.97. The fourth-order valence-corrected chi connectivity index (χ4v) is 4.98. The Morgan fingerprint density at radius 1 is 0.966 bits per heavy atom. The molecule has 0 aliphatic carbocycles. The Labute approximate surface area is 173 Å². The molecule has 2 atom stereocenters. The fraction of sp³-hybridized carbons (Fsp3) is 0.458. The zero-order valence-corrected chi connectivity index (χ0v) is 17.3. The van der Waals surface area contributed by atoms with Crippen LogP contribution in [0.25, 0.3) is 0 Å². The molecule has 1 N–H and O–H groups in total. The number of hydrogen-bond acceptors (Lipinski definition) is 4. The second kappa shape index (κ2) is 8.87. The molecular formula is C24H30N2O3. The SMILES string of the molecule is COc1ccccc1CN1C2CCCC1CC(NC(=O)c1ccccc1OC)C2. The van der Waals surface area contributed by atoms with Gasteiger partial charge in [0.05, 0.1) is 19.8 Å². The first-order valence-electron chi connectivity index (χ1n) is 10.5. The van der Waals surface area contributed by atoms with Crippen LogP contribution in [0.5, 0.6) is 11.5 Å². The van der Waals surface area contributed by atoms with E-state index in [2.05, 4.69) is 22.3 Å². The van der Waals surface area contributed by atoms with Gasteiger partial charge in [0.1, 0.15) is 11.5 Å². The van der Waals surface area contributed by atoms with Gasteiger partial charge in [-0.15, -0.1) is 0 Å². The van der Waals surface area contributed by atoms with Crippen molar-refractivity contribution in [2.75, 3.05) is 14.2 Å². The molecule has 2 bridgehead atoms. The molecule has 2 aromatic rings. The number of piperidine rings is 2. The Balaban J connectivity index is 1.45. The molecule has 4 rings (SSSR count). The third-order valence-corrected chi connectivity index (χ3v) is 6.36. The van der Waals surface area contributed by atoms with Crippen molar-refractivity contribution in [3.63, 3.8) is 0 Å². The van der Waals surface area contributed by atoms with Crippen molar-refractivity contribution in [2.24, 2.45) is 0 Å². The molecule has 2 fully saturated rings. The summed E-state index contributed by atoms with van der Waals surface area (Å²) in [5.74, 6) is 1.54. The van der Waals surface area contributed by atoms with Gasteiger partial charge in [-0.25, -0.2) is 0 Å². The normalized spacial score (nSPS) is 24.0. The molecule has 0 spiro atoms. The number of carbonyl (C=O) groups excluding carboxylic acids is 1. The Bertz CT molecular complexity index is 840. The van der Waals surface area contributed by atoms with E-state index in [0.717, 1.165) is 25.1 Å². The van der Waals surface area contributed by atoms with Gasteiger partial charge in [0, 0.05) is 30.2 Å². The summed E-state index contributed by atoms with van der Waals surface area (Å²) in [6, 6.07) is 16.9. The zero-order valence-electron chi connectivity index (χ0n) is 17.3. The van der Waals surface area contributed by atoms with E-state index in [1.807, 2.05) is 36.4 Å². The average molecular weight is 395 g/mol. The molecular weight excluding hydrogens is 364 g/mol. The molecule has 2 aromatic carbocycles. The van der Waals surface area contributed by atoms with E-state index < -0.39 is 0 Å². The van der Waals surface area contributed by atoms with E-state index in [-0.39, 0.29) is 11.9 Å². The number of ether oxygens (including phenoxy) is 2. The quantitative estimate of drug-likeness (QED) is 0.804. The molecule has 154 valence electrons. The van der Waals surface area contributed by atoms with Gasteiger partial charge in [0.25, 0.3) is 5.91 Å². The number of benzene rings is 2. The van der Waals surface area contributed by atoms with Gasteiger partial charge < -0.3 is 14.8 Å². The van der Waals surface area contributed by atoms with E-state index in [0.29, 0.717) is 23.4 Å². The predicted molar refractivity (Wildman–Crippen MR) is 113 cm³/mol. The molecule has 2 saturated heterocycles. The highest BCUT2D eigenvalue weighted by Gasteiger charge is 2.39. The van der Waals surface area contributed by atoms with Crippen LogP contribution in [0.4, 0.5) is 0 Å². The second-order valence-corrected chi connectivity index (χ2v) is 8.06. The van der Waals surface area contributed by atoms with Gasteiger partial charge in [-0.3, -0.25) is 9.69 Å². The summed E-state index contributed by atoms with van der Waals surface area (Å²) in [6.45, 7) is 0.909. The lowest BCUT2D eigenvalue weighted by atomic mass is 9.81. The van der Waals surface area contributed by atoms with Crippen molar-refractivity contribution >= 4 is 5.91 Å². The van der Waals surface area contributed by atoms with Crippen LogP contribution >= 0.6 is 0 Å². The molecule has 2 aliphatic rings. The lowest BCUT2D eigenvalue weighted by Gasteiger charge is -2.49. The molecule has 0 saturated carbocycles. The van der Waals surface area contributed by atoms with Crippen LogP contribution < -0.4 is 14.8 Å². The van der Waals surface area contributed by atoms with Crippen molar-refractivity contribution in [1.29, 1.82) is 0 Å². The third-order valence-electron chi connectivity index (χ3n) is 6.36. The maximum absolute atomic E-state index is 12.8. The van der Waals surface area contributed by atoms with Crippen LogP contribution in [0.15, 0.2) is 48.5 Å². The minimum Gasteiger partial charge on any atom is -0.496 e. The molecule has 5 nitrogen and oxygen atoms in total. The molecule has 2 unspecified atom stereocenters.